The quantitative estimate of drug-likeness (QED) is 0.285. The van der Waals surface area contributed by atoms with Gasteiger partial charge in [0.2, 0.25) is 5.91 Å². The number of Topliss-reactive ketones (excluding diaryl/α,β-unsaturated/α-hetero) is 1. The summed E-state index contributed by atoms with van der Waals surface area (Å²) < 4.78 is 1.81. The minimum absolute atomic E-state index is 0.0279. The van der Waals surface area contributed by atoms with Crippen LogP contribution in [0.3, 0.4) is 0 Å². The lowest BCUT2D eigenvalue weighted by Crippen LogP contribution is -2.27. The van der Waals surface area contributed by atoms with E-state index in [-0.39, 0.29) is 29.2 Å². The van der Waals surface area contributed by atoms with Crippen LogP contribution in [-0.2, 0) is 4.79 Å². The van der Waals surface area contributed by atoms with E-state index in [0.29, 0.717) is 27.3 Å². The van der Waals surface area contributed by atoms with Gasteiger partial charge in [-0.2, -0.15) is 0 Å². The molecule has 3 aromatic rings. The molecule has 0 radical (unpaired) electrons. The van der Waals surface area contributed by atoms with Gasteiger partial charge in [-0.3, -0.25) is 19.0 Å². The second kappa shape index (κ2) is 9.91. The summed E-state index contributed by atoms with van der Waals surface area (Å²) in [5.41, 5.74) is 1.86. The lowest BCUT2D eigenvalue weighted by molar-refractivity contribution is -0.118. The van der Waals surface area contributed by atoms with E-state index in [2.05, 4.69) is 5.32 Å². The fraction of sp³-hybridized carbons (Fsp3) is 0.385. The van der Waals surface area contributed by atoms with Gasteiger partial charge < -0.3 is 5.32 Å². The number of para-hydroxylation sites is 1. The first-order valence-electron chi connectivity index (χ1n) is 11.5. The number of benzene rings is 2. The second-order valence-electron chi connectivity index (χ2n) is 8.87. The lowest BCUT2D eigenvalue weighted by atomic mass is 10.1. The van der Waals surface area contributed by atoms with Crippen LogP contribution in [0.5, 0.6) is 0 Å². The number of rotatable bonds is 7. The molecule has 1 amide bonds. The molecule has 1 aliphatic carbocycles. The summed E-state index contributed by atoms with van der Waals surface area (Å²) in [4.78, 5) is 43.1. The maximum Gasteiger partial charge on any atom is 0.262 e. The van der Waals surface area contributed by atoms with Crippen molar-refractivity contribution in [2.45, 2.75) is 62.9 Å². The molecule has 1 N–H and O–H groups in total. The number of carbonyl (C=O) groups excluding carboxylic acids is 2. The molecule has 1 unspecified atom stereocenters. The Balaban J connectivity index is 1.59. The van der Waals surface area contributed by atoms with Crippen molar-refractivity contribution in [3.8, 4) is 0 Å². The van der Waals surface area contributed by atoms with Crippen molar-refractivity contribution < 1.29 is 9.59 Å². The zero-order chi connectivity index (χ0) is 23.5. The minimum Gasteiger partial charge on any atom is -0.326 e. The Kier molecular flexibility index (Phi) is 6.98. The van der Waals surface area contributed by atoms with Crippen LogP contribution in [0, 0.1) is 5.92 Å². The number of fused-ring (bicyclic) bond motifs is 1. The molecule has 2 aromatic carbocycles. The summed E-state index contributed by atoms with van der Waals surface area (Å²) in [6.07, 6.45) is 4.11. The van der Waals surface area contributed by atoms with Crippen LogP contribution in [0.25, 0.3) is 10.9 Å². The summed E-state index contributed by atoms with van der Waals surface area (Å²) >= 11 is 1.34. The third kappa shape index (κ3) is 5.03. The zero-order valence-electron chi connectivity index (χ0n) is 19.2. The van der Waals surface area contributed by atoms with Gasteiger partial charge >= 0.3 is 0 Å². The molecule has 0 bridgehead atoms. The molecule has 1 saturated carbocycles. The predicted molar refractivity (Wildman–Crippen MR) is 133 cm³/mol. The van der Waals surface area contributed by atoms with Crippen LogP contribution in [0.1, 0.15) is 62.9 Å². The van der Waals surface area contributed by atoms with Gasteiger partial charge in [0.1, 0.15) is 0 Å². The van der Waals surface area contributed by atoms with E-state index in [4.69, 9.17) is 4.98 Å². The number of hydrogen-bond donors (Lipinski definition) is 1. The van der Waals surface area contributed by atoms with Gasteiger partial charge in [-0.25, -0.2) is 4.98 Å². The summed E-state index contributed by atoms with van der Waals surface area (Å²) in [5, 5.41) is 3.64. The van der Waals surface area contributed by atoms with Gasteiger partial charge in [-0.15, -0.1) is 0 Å². The molecule has 1 atom stereocenters. The van der Waals surface area contributed by atoms with Gasteiger partial charge in [0, 0.05) is 23.2 Å². The Morgan fingerprint density at radius 2 is 1.70 bits per heavy atom. The Morgan fingerprint density at radius 1 is 1.03 bits per heavy atom. The molecule has 1 aliphatic rings. The Hall–Kier alpha value is -2.93. The molecule has 1 heterocycles. The average molecular weight is 464 g/mol. The van der Waals surface area contributed by atoms with Crippen LogP contribution in [0.4, 0.5) is 5.69 Å². The summed E-state index contributed by atoms with van der Waals surface area (Å²) in [6, 6.07) is 14.5. The second-order valence-corrected chi connectivity index (χ2v) is 10.2. The maximum absolute atomic E-state index is 13.3. The van der Waals surface area contributed by atoms with E-state index in [1.807, 2.05) is 49.6 Å². The first-order valence-corrected chi connectivity index (χ1v) is 12.4. The van der Waals surface area contributed by atoms with Crippen LogP contribution in [0.15, 0.2) is 58.5 Å². The number of ketones is 1. The van der Waals surface area contributed by atoms with Gasteiger partial charge in [-0.1, -0.05) is 50.6 Å². The molecular weight excluding hydrogens is 434 g/mol. The van der Waals surface area contributed by atoms with E-state index in [0.717, 1.165) is 25.7 Å². The first kappa shape index (κ1) is 23.2. The highest BCUT2D eigenvalue weighted by Gasteiger charge is 2.26. The third-order valence-corrected chi connectivity index (χ3v) is 7.14. The standard InChI is InChI=1S/C26H29N3O3S/c1-16(2)24(31)27-19-14-12-18(13-15-19)23(30)17(3)33-26-28-22-11-7-6-10-21(22)25(32)29(26)20-8-4-5-9-20/h6-7,10-17,20H,4-5,8-9H2,1-3H3,(H,27,31). The van der Waals surface area contributed by atoms with Crippen molar-refractivity contribution in [3.05, 3.63) is 64.4 Å². The first-order chi connectivity index (χ1) is 15.8. The number of hydrogen-bond acceptors (Lipinski definition) is 5. The van der Waals surface area contributed by atoms with Crippen molar-refractivity contribution in [2.75, 3.05) is 5.32 Å². The normalized spacial score (nSPS) is 15.2. The predicted octanol–water partition coefficient (Wildman–Crippen LogP) is 5.47. The number of anilines is 1. The molecule has 1 aromatic heterocycles. The van der Waals surface area contributed by atoms with Gasteiger partial charge in [0.05, 0.1) is 16.2 Å². The molecule has 172 valence electrons. The van der Waals surface area contributed by atoms with Crippen LogP contribution in [-0.4, -0.2) is 26.5 Å². The molecule has 33 heavy (non-hydrogen) atoms. The number of nitrogens with one attached hydrogen (secondary N) is 1. The molecule has 7 heteroatoms. The maximum atomic E-state index is 13.3. The number of nitrogens with zero attached hydrogens (tertiary/aromatic N) is 2. The minimum atomic E-state index is -0.415. The highest BCUT2D eigenvalue weighted by Crippen LogP contribution is 2.34. The molecule has 0 saturated heterocycles. The van der Waals surface area contributed by atoms with Crippen molar-refractivity contribution in [1.82, 2.24) is 9.55 Å². The van der Waals surface area contributed by atoms with Crippen molar-refractivity contribution in [2.24, 2.45) is 5.92 Å². The SMILES string of the molecule is CC(C)C(=O)Nc1ccc(C(=O)C(C)Sc2nc3ccccc3c(=O)n2C2CCCC2)cc1. The van der Waals surface area contributed by atoms with E-state index in [1.165, 1.54) is 11.8 Å². The largest absolute Gasteiger partial charge is 0.326 e. The highest BCUT2D eigenvalue weighted by molar-refractivity contribution is 8.00. The average Bonchev–Trinajstić information content (AvgIpc) is 3.33. The molecule has 0 spiro atoms. The van der Waals surface area contributed by atoms with Crippen molar-refractivity contribution in [1.29, 1.82) is 0 Å². The third-order valence-electron chi connectivity index (χ3n) is 6.08. The van der Waals surface area contributed by atoms with Gasteiger partial charge in [0.15, 0.2) is 10.9 Å². The Labute approximate surface area is 197 Å². The van der Waals surface area contributed by atoms with E-state index < -0.39 is 5.25 Å². The van der Waals surface area contributed by atoms with E-state index in [1.54, 1.807) is 24.3 Å². The number of amides is 1. The fourth-order valence-corrected chi connectivity index (χ4v) is 5.20. The lowest BCUT2D eigenvalue weighted by Gasteiger charge is -2.20. The van der Waals surface area contributed by atoms with Crippen molar-refractivity contribution in [3.63, 3.8) is 0 Å². The van der Waals surface area contributed by atoms with E-state index in [9.17, 15) is 14.4 Å². The molecule has 1 fully saturated rings. The number of carbonyl (C=O) groups is 2. The van der Waals surface area contributed by atoms with Gasteiger partial charge in [-0.05, 0) is 56.2 Å². The molecular formula is C26H29N3O3S. The van der Waals surface area contributed by atoms with E-state index >= 15 is 0 Å². The topological polar surface area (TPSA) is 81.1 Å². The zero-order valence-corrected chi connectivity index (χ0v) is 20.0. The molecule has 4 rings (SSSR count). The van der Waals surface area contributed by atoms with Crippen LogP contribution in [0.2, 0.25) is 0 Å². The monoisotopic (exact) mass is 463 g/mol. The van der Waals surface area contributed by atoms with Crippen molar-refractivity contribution >= 4 is 40.0 Å². The summed E-state index contributed by atoms with van der Waals surface area (Å²) in [5.74, 6) is -0.220. The smallest absolute Gasteiger partial charge is 0.262 e. The summed E-state index contributed by atoms with van der Waals surface area (Å²) in [6.45, 7) is 5.51. The van der Waals surface area contributed by atoms with Crippen LogP contribution < -0.4 is 10.9 Å². The number of aromatic nitrogens is 2. The number of thioether (sulfide) groups is 1. The Morgan fingerprint density at radius 3 is 2.36 bits per heavy atom. The Bertz CT molecular complexity index is 1230. The van der Waals surface area contributed by atoms with Crippen LogP contribution >= 0.6 is 11.8 Å². The molecule has 6 nitrogen and oxygen atoms in total. The molecule has 0 aliphatic heterocycles. The fourth-order valence-electron chi connectivity index (χ4n) is 4.14. The summed E-state index contributed by atoms with van der Waals surface area (Å²) in [7, 11) is 0. The van der Waals surface area contributed by atoms with Gasteiger partial charge in [0.25, 0.3) is 5.56 Å². The highest BCUT2D eigenvalue weighted by atomic mass is 32.2.